The maximum atomic E-state index is 13.0. The van der Waals surface area contributed by atoms with Crippen molar-refractivity contribution in [3.63, 3.8) is 0 Å². The van der Waals surface area contributed by atoms with Gasteiger partial charge in [-0.15, -0.1) is 0 Å². The molecule has 0 fully saturated rings. The Balaban J connectivity index is 3.03. The highest BCUT2D eigenvalue weighted by Gasteiger charge is 2.32. The van der Waals surface area contributed by atoms with Crippen LogP contribution < -0.4 is 21.7 Å². The second kappa shape index (κ2) is 13.2. The molecule has 0 aliphatic carbocycles. The molecule has 0 saturated carbocycles. The molecule has 0 bridgehead atoms. The van der Waals surface area contributed by atoms with Crippen LogP contribution in [0.3, 0.4) is 0 Å². The molecule has 0 saturated heterocycles. The minimum Gasteiger partial charge on any atom is -0.480 e. The van der Waals surface area contributed by atoms with Crippen molar-refractivity contribution >= 4 is 48.9 Å². The van der Waals surface area contributed by atoms with E-state index < -0.39 is 47.9 Å². The standard InChI is InChI=1S/C18H30N6O5S2/c1-3-9(2)14(17(27)23-13(7-31)18(28)29)24-16(26)12(4-10-5-20-8-21-10)22-15(25)11(19)6-30/h5,8-9,11-14,30-31H,3-4,6-7,19H2,1-2H3,(H,20,21)(H,22,25)(H,23,27)(H,24,26)(H,28,29). The van der Waals surface area contributed by atoms with E-state index in [1.54, 1.807) is 6.92 Å². The number of thiol groups is 2. The predicted octanol–water partition coefficient (Wildman–Crippen LogP) is -1.28. The van der Waals surface area contributed by atoms with E-state index in [0.29, 0.717) is 12.1 Å². The van der Waals surface area contributed by atoms with E-state index in [0.717, 1.165) is 0 Å². The van der Waals surface area contributed by atoms with Gasteiger partial charge in [-0.25, -0.2) is 9.78 Å². The summed E-state index contributed by atoms with van der Waals surface area (Å²) in [6, 6.07) is -4.17. The van der Waals surface area contributed by atoms with Gasteiger partial charge in [0.1, 0.15) is 18.1 Å². The number of carbonyl (C=O) groups excluding carboxylic acids is 3. The molecule has 11 nitrogen and oxygen atoms in total. The molecule has 1 heterocycles. The molecular formula is C18H30N6O5S2. The second-order valence-corrected chi connectivity index (χ2v) is 7.82. The van der Waals surface area contributed by atoms with E-state index in [2.05, 4.69) is 51.2 Å². The van der Waals surface area contributed by atoms with Crippen molar-refractivity contribution in [2.45, 2.75) is 50.9 Å². The summed E-state index contributed by atoms with van der Waals surface area (Å²) in [6.07, 6.45) is 3.57. The van der Waals surface area contributed by atoms with Crippen LogP contribution in [0.1, 0.15) is 26.0 Å². The number of carbonyl (C=O) groups is 4. The van der Waals surface area contributed by atoms with Crippen LogP contribution in [-0.4, -0.2) is 74.4 Å². The summed E-state index contributed by atoms with van der Waals surface area (Å²) in [5.41, 5.74) is 6.28. The highest BCUT2D eigenvalue weighted by atomic mass is 32.1. The summed E-state index contributed by atoms with van der Waals surface area (Å²) in [4.78, 5) is 55.9. The number of hydrogen-bond acceptors (Lipinski definition) is 8. The molecule has 1 aromatic heterocycles. The number of carboxylic acid groups (broad SMARTS) is 1. The molecule has 174 valence electrons. The third-order valence-electron chi connectivity index (χ3n) is 4.74. The Kier molecular flexibility index (Phi) is 11.4. The predicted molar refractivity (Wildman–Crippen MR) is 121 cm³/mol. The lowest BCUT2D eigenvalue weighted by Gasteiger charge is -2.27. The molecule has 0 spiro atoms. The summed E-state index contributed by atoms with van der Waals surface area (Å²) < 4.78 is 0. The summed E-state index contributed by atoms with van der Waals surface area (Å²) >= 11 is 7.92. The number of rotatable bonds is 13. The van der Waals surface area contributed by atoms with Gasteiger partial charge < -0.3 is 31.8 Å². The highest BCUT2D eigenvalue weighted by molar-refractivity contribution is 7.80. The fraction of sp³-hybridized carbons (Fsp3) is 0.611. The topological polar surface area (TPSA) is 179 Å². The van der Waals surface area contributed by atoms with Crippen molar-refractivity contribution in [2.24, 2.45) is 11.7 Å². The Hall–Kier alpha value is -2.25. The van der Waals surface area contributed by atoms with E-state index in [1.807, 2.05) is 6.92 Å². The number of imidazole rings is 1. The van der Waals surface area contributed by atoms with E-state index in [4.69, 9.17) is 10.8 Å². The number of nitrogens with two attached hydrogens (primary N) is 1. The van der Waals surface area contributed by atoms with Gasteiger partial charge in [0.25, 0.3) is 0 Å². The van der Waals surface area contributed by atoms with Gasteiger partial charge in [0, 0.05) is 29.8 Å². The first-order chi connectivity index (χ1) is 14.6. The Bertz CT molecular complexity index is 748. The fourth-order valence-corrected chi connectivity index (χ4v) is 3.00. The van der Waals surface area contributed by atoms with Gasteiger partial charge in [-0.05, 0) is 5.92 Å². The Morgan fingerprint density at radius 2 is 1.74 bits per heavy atom. The lowest BCUT2D eigenvalue weighted by molar-refractivity contribution is -0.142. The third-order valence-corrected chi connectivity index (χ3v) is 5.49. The minimum absolute atomic E-state index is 0.0834. The molecule has 0 aliphatic heterocycles. The average Bonchev–Trinajstić information content (AvgIpc) is 3.26. The lowest BCUT2D eigenvalue weighted by atomic mass is 9.97. The molecule has 31 heavy (non-hydrogen) atoms. The number of hydrogen-bond donors (Lipinski definition) is 8. The van der Waals surface area contributed by atoms with Gasteiger partial charge in [0.15, 0.2) is 0 Å². The van der Waals surface area contributed by atoms with Gasteiger partial charge in [-0.2, -0.15) is 25.3 Å². The Morgan fingerprint density at radius 1 is 1.10 bits per heavy atom. The van der Waals surface area contributed by atoms with Crippen molar-refractivity contribution in [3.8, 4) is 0 Å². The summed E-state index contributed by atoms with van der Waals surface area (Å²) in [5, 5.41) is 16.7. The molecule has 5 atom stereocenters. The number of aromatic nitrogens is 2. The van der Waals surface area contributed by atoms with Crippen molar-refractivity contribution in [2.75, 3.05) is 11.5 Å². The number of aliphatic carboxylic acids is 1. The van der Waals surface area contributed by atoms with Crippen LogP contribution in [0.15, 0.2) is 12.5 Å². The average molecular weight is 475 g/mol. The molecule has 0 aromatic carbocycles. The van der Waals surface area contributed by atoms with Crippen LogP contribution >= 0.6 is 25.3 Å². The number of nitrogens with zero attached hydrogens (tertiary/aromatic N) is 1. The fourth-order valence-electron chi connectivity index (χ4n) is 2.59. The van der Waals surface area contributed by atoms with Gasteiger partial charge in [-0.1, -0.05) is 20.3 Å². The van der Waals surface area contributed by atoms with Crippen LogP contribution in [0.4, 0.5) is 0 Å². The molecule has 5 unspecified atom stereocenters. The Morgan fingerprint density at radius 3 is 2.23 bits per heavy atom. The zero-order valence-corrected chi connectivity index (χ0v) is 19.2. The first-order valence-electron chi connectivity index (χ1n) is 9.72. The molecular weight excluding hydrogens is 444 g/mol. The van der Waals surface area contributed by atoms with Crippen LogP contribution in [0.2, 0.25) is 0 Å². The van der Waals surface area contributed by atoms with E-state index in [-0.39, 0.29) is 23.8 Å². The minimum atomic E-state index is -1.23. The van der Waals surface area contributed by atoms with Gasteiger partial charge >= 0.3 is 5.97 Å². The van der Waals surface area contributed by atoms with Crippen LogP contribution in [0.25, 0.3) is 0 Å². The Labute approximate surface area is 191 Å². The zero-order chi connectivity index (χ0) is 23.6. The lowest BCUT2D eigenvalue weighted by Crippen LogP contribution is -2.59. The van der Waals surface area contributed by atoms with Crippen molar-refractivity contribution < 1.29 is 24.3 Å². The third kappa shape index (κ3) is 8.42. The second-order valence-electron chi connectivity index (χ2n) is 7.08. The van der Waals surface area contributed by atoms with Gasteiger partial charge in [0.2, 0.25) is 17.7 Å². The van der Waals surface area contributed by atoms with Gasteiger partial charge in [0.05, 0.1) is 12.4 Å². The van der Waals surface area contributed by atoms with E-state index >= 15 is 0 Å². The number of amides is 3. The quantitative estimate of drug-likeness (QED) is 0.164. The largest absolute Gasteiger partial charge is 0.480 e. The van der Waals surface area contributed by atoms with Crippen molar-refractivity contribution in [1.29, 1.82) is 0 Å². The van der Waals surface area contributed by atoms with E-state index in [1.165, 1.54) is 12.5 Å². The first kappa shape index (κ1) is 26.8. The van der Waals surface area contributed by atoms with Gasteiger partial charge in [-0.3, -0.25) is 14.4 Å². The zero-order valence-electron chi connectivity index (χ0n) is 17.4. The number of H-pyrrole nitrogens is 1. The highest BCUT2D eigenvalue weighted by Crippen LogP contribution is 2.10. The molecule has 3 amide bonds. The monoisotopic (exact) mass is 474 g/mol. The normalized spacial score (nSPS) is 15.8. The molecule has 0 aliphatic rings. The summed E-state index contributed by atoms with van der Waals surface area (Å²) in [5.74, 6) is -3.40. The first-order valence-corrected chi connectivity index (χ1v) is 11.0. The number of carboxylic acids is 1. The van der Waals surface area contributed by atoms with Crippen molar-refractivity contribution in [1.82, 2.24) is 25.9 Å². The molecule has 13 heteroatoms. The SMILES string of the molecule is CCC(C)C(NC(=O)C(Cc1cnc[nH]1)NC(=O)C(N)CS)C(=O)NC(CS)C(=O)O. The van der Waals surface area contributed by atoms with Crippen LogP contribution in [0.5, 0.6) is 0 Å². The van der Waals surface area contributed by atoms with Crippen molar-refractivity contribution in [3.05, 3.63) is 18.2 Å². The number of nitrogens with one attached hydrogen (secondary N) is 4. The van der Waals surface area contributed by atoms with Crippen LogP contribution in [-0.2, 0) is 25.6 Å². The summed E-state index contributed by atoms with van der Waals surface area (Å²) in [7, 11) is 0. The molecule has 1 aromatic rings. The molecule has 0 radical (unpaired) electrons. The smallest absolute Gasteiger partial charge is 0.327 e. The number of aromatic amines is 1. The van der Waals surface area contributed by atoms with E-state index in [9.17, 15) is 19.2 Å². The maximum absolute atomic E-state index is 13.0. The maximum Gasteiger partial charge on any atom is 0.327 e. The summed E-state index contributed by atoms with van der Waals surface area (Å²) in [6.45, 7) is 3.58. The molecule has 1 rings (SSSR count). The van der Waals surface area contributed by atoms with Crippen LogP contribution in [0, 0.1) is 5.92 Å². The molecule has 7 N–H and O–H groups in total.